The Balaban J connectivity index is 1.41. The minimum absolute atomic E-state index is 0.0361. The van der Waals surface area contributed by atoms with Crippen LogP contribution < -0.4 is 9.75 Å². The molecule has 36 heavy (non-hydrogen) atoms. The molecule has 4 aromatic carbocycles. The Bertz CT molecular complexity index is 1460. The van der Waals surface area contributed by atoms with Crippen molar-refractivity contribution in [3.8, 4) is 5.75 Å². The Morgan fingerprint density at radius 1 is 0.861 bits per heavy atom. The van der Waals surface area contributed by atoms with Gasteiger partial charge in [0.25, 0.3) is 11.6 Å². The molecule has 1 aliphatic heterocycles. The van der Waals surface area contributed by atoms with E-state index < -0.39 is 4.92 Å². The predicted octanol–water partition coefficient (Wildman–Crippen LogP) is 6.01. The highest BCUT2D eigenvalue weighted by atomic mass is 16.6. The van der Waals surface area contributed by atoms with Gasteiger partial charge in [0, 0.05) is 17.7 Å². The van der Waals surface area contributed by atoms with Crippen LogP contribution in [-0.2, 0) is 11.4 Å². The van der Waals surface area contributed by atoms with E-state index in [-0.39, 0.29) is 18.2 Å². The van der Waals surface area contributed by atoms with Gasteiger partial charge in [-0.3, -0.25) is 14.9 Å². The number of hydrogen-bond donors (Lipinski definition) is 0. The van der Waals surface area contributed by atoms with Crippen LogP contribution in [0, 0.1) is 10.1 Å². The number of hydrazone groups is 1. The van der Waals surface area contributed by atoms with E-state index in [1.165, 1.54) is 17.1 Å². The van der Waals surface area contributed by atoms with Crippen LogP contribution in [0.1, 0.15) is 16.7 Å². The Morgan fingerprint density at radius 3 is 2.25 bits per heavy atom. The fourth-order valence-electron chi connectivity index (χ4n) is 3.84. The van der Waals surface area contributed by atoms with Gasteiger partial charge in [0.05, 0.1) is 16.2 Å². The number of amides is 1. The quantitative estimate of drug-likeness (QED) is 0.186. The van der Waals surface area contributed by atoms with Crippen molar-refractivity contribution in [3.63, 3.8) is 0 Å². The van der Waals surface area contributed by atoms with Crippen molar-refractivity contribution >= 4 is 29.1 Å². The number of nitrogens with zero attached hydrogens (tertiary/aromatic N) is 3. The summed E-state index contributed by atoms with van der Waals surface area (Å²) in [6.45, 7) is 0.259. The Labute approximate surface area is 207 Å². The lowest BCUT2D eigenvalue weighted by Gasteiger charge is -2.11. The molecule has 1 amide bonds. The van der Waals surface area contributed by atoms with Gasteiger partial charge in [-0.15, -0.1) is 0 Å². The number of ether oxygens (including phenoxy) is 1. The molecule has 0 bridgehead atoms. The number of hydrogen-bond acceptors (Lipinski definition) is 5. The number of nitro groups is 1. The number of para-hydroxylation sites is 1. The summed E-state index contributed by atoms with van der Waals surface area (Å²) in [4.78, 5) is 23.8. The summed E-state index contributed by atoms with van der Waals surface area (Å²) in [6, 6.07) is 32.6. The minimum Gasteiger partial charge on any atom is -0.489 e. The van der Waals surface area contributed by atoms with Crippen molar-refractivity contribution in [1.82, 2.24) is 0 Å². The summed E-state index contributed by atoms with van der Waals surface area (Å²) in [5, 5.41) is 16.9. The number of nitro benzene ring substituents is 1. The molecule has 0 unspecified atom stereocenters. The van der Waals surface area contributed by atoms with E-state index in [9.17, 15) is 14.9 Å². The zero-order valence-corrected chi connectivity index (χ0v) is 19.2. The largest absolute Gasteiger partial charge is 0.489 e. The van der Waals surface area contributed by atoms with Gasteiger partial charge in [0.2, 0.25) is 0 Å². The van der Waals surface area contributed by atoms with Crippen LogP contribution in [0.5, 0.6) is 5.75 Å². The SMILES string of the molecule is O=C1/C(=C/c2cccc(OCc3ccc([N+](=O)[O-])cc3)c2)C(c2ccccc2)=NN1c1ccccc1. The third-order valence-electron chi connectivity index (χ3n) is 5.65. The van der Waals surface area contributed by atoms with Crippen LogP contribution in [0.4, 0.5) is 11.4 Å². The molecule has 0 saturated heterocycles. The molecule has 0 aliphatic carbocycles. The molecule has 7 heteroatoms. The number of non-ortho nitro benzene ring substituents is 1. The van der Waals surface area contributed by atoms with Crippen LogP contribution in [0.2, 0.25) is 0 Å². The zero-order valence-electron chi connectivity index (χ0n) is 19.2. The fourth-order valence-corrected chi connectivity index (χ4v) is 3.84. The number of carbonyl (C=O) groups is 1. The van der Waals surface area contributed by atoms with Crippen molar-refractivity contribution in [2.75, 3.05) is 5.01 Å². The van der Waals surface area contributed by atoms with E-state index in [0.29, 0.717) is 22.7 Å². The second-order valence-electron chi connectivity index (χ2n) is 8.11. The highest BCUT2D eigenvalue weighted by Gasteiger charge is 2.31. The summed E-state index contributed by atoms with van der Waals surface area (Å²) in [5.41, 5.74) is 4.26. The molecular weight excluding hydrogens is 454 g/mol. The van der Waals surface area contributed by atoms with E-state index in [4.69, 9.17) is 4.74 Å². The molecule has 0 N–H and O–H groups in total. The lowest BCUT2D eigenvalue weighted by molar-refractivity contribution is -0.384. The average Bonchev–Trinajstić information content (AvgIpc) is 3.24. The van der Waals surface area contributed by atoms with Crippen LogP contribution >= 0.6 is 0 Å². The Morgan fingerprint density at radius 2 is 1.56 bits per heavy atom. The van der Waals surface area contributed by atoms with Gasteiger partial charge < -0.3 is 4.74 Å². The number of anilines is 1. The maximum atomic E-state index is 13.4. The molecule has 1 aliphatic rings. The topological polar surface area (TPSA) is 85.0 Å². The number of benzene rings is 4. The van der Waals surface area contributed by atoms with Crippen molar-refractivity contribution in [3.05, 3.63) is 142 Å². The van der Waals surface area contributed by atoms with Gasteiger partial charge in [-0.2, -0.15) is 10.1 Å². The first-order valence-electron chi connectivity index (χ1n) is 11.3. The molecule has 0 saturated carbocycles. The predicted molar refractivity (Wildman–Crippen MR) is 139 cm³/mol. The molecule has 0 atom stereocenters. The van der Waals surface area contributed by atoms with Crippen molar-refractivity contribution < 1.29 is 14.5 Å². The first-order chi connectivity index (χ1) is 17.6. The Hall–Kier alpha value is -5.04. The second kappa shape index (κ2) is 10.1. The third-order valence-corrected chi connectivity index (χ3v) is 5.65. The summed E-state index contributed by atoms with van der Waals surface area (Å²) >= 11 is 0. The summed E-state index contributed by atoms with van der Waals surface area (Å²) in [6.07, 6.45) is 1.82. The van der Waals surface area contributed by atoms with Crippen molar-refractivity contribution in [2.45, 2.75) is 6.61 Å². The van der Waals surface area contributed by atoms with Crippen molar-refractivity contribution in [1.29, 1.82) is 0 Å². The van der Waals surface area contributed by atoms with Gasteiger partial charge in [-0.1, -0.05) is 60.7 Å². The van der Waals surface area contributed by atoms with E-state index in [1.807, 2.05) is 91.0 Å². The van der Waals surface area contributed by atoms with E-state index in [0.717, 1.165) is 16.7 Å². The maximum Gasteiger partial charge on any atom is 0.281 e. The molecule has 7 nitrogen and oxygen atoms in total. The first-order valence-corrected chi connectivity index (χ1v) is 11.3. The van der Waals surface area contributed by atoms with Crippen LogP contribution in [0.3, 0.4) is 0 Å². The summed E-state index contributed by atoms with van der Waals surface area (Å²) in [5.74, 6) is 0.406. The Kier molecular flexibility index (Phi) is 6.36. The molecule has 4 aromatic rings. The van der Waals surface area contributed by atoms with Gasteiger partial charge in [0.1, 0.15) is 18.1 Å². The van der Waals surface area contributed by atoms with Crippen molar-refractivity contribution in [2.24, 2.45) is 5.10 Å². The van der Waals surface area contributed by atoms with E-state index in [1.54, 1.807) is 12.1 Å². The highest BCUT2D eigenvalue weighted by Crippen LogP contribution is 2.28. The zero-order chi connectivity index (χ0) is 24.9. The number of carbonyl (C=O) groups excluding carboxylic acids is 1. The van der Waals surface area contributed by atoms with Crippen LogP contribution in [0.25, 0.3) is 6.08 Å². The fraction of sp³-hybridized carbons (Fsp3) is 0.0345. The number of rotatable bonds is 7. The van der Waals surface area contributed by atoms with Crippen LogP contribution in [-0.4, -0.2) is 16.5 Å². The van der Waals surface area contributed by atoms with Gasteiger partial charge >= 0.3 is 0 Å². The molecule has 0 radical (unpaired) electrons. The first kappa shape index (κ1) is 22.7. The molecular formula is C29H21N3O4. The van der Waals surface area contributed by atoms with Gasteiger partial charge in [-0.05, 0) is 53.6 Å². The highest BCUT2D eigenvalue weighted by molar-refractivity contribution is 6.37. The third kappa shape index (κ3) is 4.90. The summed E-state index contributed by atoms with van der Waals surface area (Å²) < 4.78 is 5.90. The monoisotopic (exact) mass is 475 g/mol. The second-order valence-corrected chi connectivity index (χ2v) is 8.11. The van der Waals surface area contributed by atoms with Gasteiger partial charge in [-0.25, -0.2) is 0 Å². The average molecular weight is 476 g/mol. The standard InChI is InChI=1S/C29H21N3O4/c33-29-27(28(23-9-3-1-4-10-23)30-31(29)24-11-5-2-6-12-24)19-22-8-7-13-26(18-22)36-20-21-14-16-25(17-15-21)32(34)35/h1-19H,20H2/b27-19+. The molecule has 1 heterocycles. The smallest absolute Gasteiger partial charge is 0.281 e. The molecule has 0 fully saturated rings. The molecule has 176 valence electrons. The molecule has 0 spiro atoms. The van der Waals surface area contributed by atoms with Crippen LogP contribution in [0.15, 0.2) is 120 Å². The minimum atomic E-state index is -0.433. The lowest BCUT2D eigenvalue weighted by Crippen LogP contribution is -2.21. The van der Waals surface area contributed by atoms with Gasteiger partial charge in [0.15, 0.2) is 0 Å². The summed E-state index contributed by atoms with van der Waals surface area (Å²) in [7, 11) is 0. The molecule has 0 aromatic heterocycles. The molecule has 5 rings (SSSR count). The normalized spacial score (nSPS) is 14.1. The van der Waals surface area contributed by atoms with E-state index >= 15 is 0 Å². The van der Waals surface area contributed by atoms with E-state index in [2.05, 4.69) is 5.10 Å². The lowest BCUT2D eigenvalue weighted by atomic mass is 10.00. The maximum absolute atomic E-state index is 13.4.